The number of carbonyl (C=O) groups excluding carboxylic acids is 2. The fourth-order valence-corrected chi connectivity index (χ4v) is 2.94. The summed E-state index contributed by atoms with van der Waals surface area (Å²) in [5, 5.41) is 3.96. The van der Waals surface area contributed by atoms with Crippen molar-refractivity contribution in [1.82, 2.24) is 4.90 Å². The van der Waals surface area contributed by atoms with Crippen molar-refractivity contribution in [2.45, 2.75) is 12.5 Å². The summed E-state index contributed by atoms with van der Waals surface area (Å²) in [4.78, 5) is 31.3. The maximum atomic E-state index is 12.5. The molecule has 0 spiro atoms. The molecule has 2 amide bonds. The number of carbonyl (C=O) groups is 2. The fraction of sp³-hybridized carbons (Fsp3) is 0.400. The van der Waals surface area contributed by atoms with Crippen molar-refractivity contribution in [3.05, 3.63) is 34.3 Å². The zero-order valence-electron chi connectivity index (χ0n) is 12.0. The van der Waals surface area contributed by atoms with Gasteiger partial charge in [0.05, 0.1) is 0 Å². The zero-order chi connectivity index (χ0) is 15.7. The number of likely N-dealkylation sites (tertiary alicyclic amines) is 1. The van der Waals surface area contributed by atoms with Crippen molar-refractivity contribution in [3.8, 4) is 0 Å². The molecule has 22 heavy (non-hydrogen) atoms. The molecule has 2 atom stereocenters. The molecule has 0 radical (unpaired) electrons. The van der Waals surface area contributed by atoms with E-state index in [0.717, 1.165) is 10.0 Å². The third kappa shape index (κ3) is 2.55. The van der Waals surface area contributed by atoms with Crippen LogP contribution in [0.2, 0.25) is 0 Å². The summed E-state index contributed by atoms with van der Waals surface area (Å²) in [6.45, 7) is 0.844. The second kappa shape index (κ2) is 6.18. The van der Waals surface area contributed by atoms with Crippen molar-refractivity contribution >= 4 is 33.5 Å². The maximum Gasteiger partial charge on any atom is 0.274 e. The molecule has 0 aromatic heterocycles. The number of halogens is 1. The van der Waals surface area contributed by atoms with E-state index in [4.69, 9.17) is 9.57 Å². The first-order valence-electron chi connectivity index (χ1n) is 6.97. The number of methoxy groups -OCH3 is 1. The molecule has 1 fully saturated rings. The van der Waals surface area contributed by atoms with Crippen LogP contribution in [0.4, 0.5) is 0 Å². The van der Waals surface area contributed by atoms with Crippen LogP contribution in [0.25, 0.3) is 0 Å². The zero-order valence-corrected chi connectivity index (χ0v) is 13.6. The quantitative estimate of drug-likeness (QED) is 0.585. The van der Waals surface area contributed by atoms with E-state index in [1.165, 1.54) is 4.90 Å². The smallest absolute Gasteiger partial charge is 0.274 e. The fourth-order valence-electron chi connectivity index (χ4n) is 2.68. The van der Waals surface area contributed by atoms with Gasteiger partial charge < -0.3 is 9.57 Å². The van der Waals surface area contributed by atoms with Crippen molar-refractivity contribution in [1.29, 1.82) is 0 Å². The Kier molecular flexibility index (Phi) is 4.26. The lowest BCUT2D eigenvalue weighted by Gasteiger charge is -2.14. The molecule has 2 aliphatic heterocycles. The average molecular weight is 367 g/mol. The molecule has 2 heterocycles. The number of nitrogens with zero attached hydrogens (tertiary/aromatic N) is 2. The molecule has 0 unspecified atom stereocenters. The van der Waals surface area contributed by atoms with Gasteiger partial charge in [-0.15, -0.1) is 0 Å². The molecule has 0 saturated carbocycles. The van der Waals surface area contributed by atoms with Gasteiger partial charge >= 0.3 is 0 Å². The van der Waals surface area contributed by atoms with Gasteiger partial charge in [-0.3, -0.25) is 14.5 Å². The number of hydrogen-bond acceptors (Lipinski definition) is 5. The molecule has 6 nitrogen and oxygen atoms in total. The molecular weight excluding hydrogens is 352 g/mol. The minimum Gasteiger partial charge on any atom is -0.385 e. The van der Waals surface area contributed by atoms with Crippen LogP contribution in [-0.4, -0.2) is 48.8 Å². The van der Waals surface area contributed by atoms with Gasteiger partial charge in [-0.2, -0.15) is 0 Å². The molecule has 1 aromatic carbocycles. The first-order valence-corrected chi connectivity index (χ1v) is 7.76. The third-order valence-electron chi connectivity index (χ3n) is 3.77. The van der Waals surface area contributed by atoms with E-state index in [0.29, 0.717) is 25.3 Å². The van der Waals surface area contributed by atoms with Gasteiger partial charge in [0, 0.05) is 30.3 Å². The van der Waals surface area contributed by atoms with Crippen LogP contribution in [-0.2, 0) is 19.2 Å². The lowest BCUT2D eigenvalue weighted by molar-refractivity contribution is -0.142. The summed E-state index contributed by atoms with van der Waals surface area (Å²) in [7, 11) is 1.59. The normalized spacial score (nSPS) is 23.5. The van der Waals surface area contributed by atoms with Crippen LogP contribution in [0.3, 0.4) is 0 Å². The SMILES string of the molecule is COCCCN1C(=O)[C@H]2C(c3ccc(Br)cc3)=NO[C@@H]2C1=O. The number of amides is 2. The second-order valence-corrected chi connectivity index (χ2v) is 6.08. The van der Waals surface area contributed by atoms with Crippen molar-refractivity contribution in [3.63, 3.8) is 0 Å². The summed E-state index contributed by atoms with van der Waals surface area (Å²) in [6, 6.07) is 7.42. The number of hydrogen-bond donors (Lipinski definition) is 0. The average Bonchev–Trinajstić information content (AvgIpc) is 3.04. The van der Waals surface area contributed by atoms with Crippen molar-refractivity contribution < 1.29 is 19.2 Å². The summed E-state index contributed by atoms with van der Waals surface area (Å²) >= 11 is 3.36. The molecule has 1 aromatic rings. The Labute approximate surface area is 136 Å². The van der Waals surface area contributed by atoms with Gasteiger partial charge in [0.1, 0.15) is 11.6 Å². The van der Waals surface area contributed by atoms with Gasteiger partial charge in [-0.05, 0) is 18.6 Å². The number of rotatable bonds is 5. The third-order valence-corrected chi connectivity index (χ3v) is 4.30. The second-order valence-electron chi connectivity index (χ2n) is 5.16. The van der Waals surface area contributed by atoms with E-state index in [-0.39, 0.29) is 11.8 Å². The van der Waals surface area contributed by atoms with E-state index >= 15 is 0 Å². The van der Waals surface area contributed by atoms with E-state index in [9.17, 15) is 9.59 Å². The van der Waals surface area contributed by atoms with Crippen LogP contribution in [0, 0.1) is 5.92 Å². The maximum absolute atomic E-state index is 12.5. The molecule has 1 saturated heterocycles. The highest BCUT2D eigenvalue weighted by atomic mass is 79.9. The van der Waals surface area contributed by atoms with E-state index < -0.39 is 12.0 Å². The molecule has 2 aliphatic rings. The highest BCUT2D eigenvalue weighted by Crippen LogP contribution is 2.32. The minimum atomic E-state index is -0.825. The lowest BCUT2D eigenvalue weighted by Crippen LogP contribution is -2.34. The molecule has 0 N–H and O–H groups in total. The lowest BCUT2D eigenvalue weighted by atomic mass is 9.94. The van der Waals surface area contributed by atoms with Crippen LogP contribution < -0.4 is 0 Å². The highest BCUT2D eigenvalue weighted by molar-refractivity contribution is 9.10. The molecule has 3 rings (SSSR count). The Morgan fingerprint density at radius 2 is 2.00 bits per heavy atom. The van der Waals surface area contributed by atoms with E-state index in [2.05, 4.69) is 21.1 Å². The van der Waals surface area contributed by atoms with Gasteiger partial charge in [-0.1, -0.05) is 33.2 Å². The van der Waals surface area contributed by atoms with Gasteiger partial charge in [0.15, 0.2) is 0 Å². The van der Waals surface area contributed by atoms with E-state index in [1.807, 2.05) is 24.3 Å². The highest BCUT2D eigenvalue weighted by Gasteiger charge is 2.55. The number of ether oxygens (including phenoxy) is 1. The molecule has 7 heteroatoms. The van der Waals surface area contributed by atoms with Gasteiger partial charge in [0.25, 0.3) is 5.91 Å². The van der Waals surface area contributed by atoms with Crippen LogP contribution >= 0.6 is 15.9 Å². The Bertz CT molecular complexity index is 629. The molecule has 0 bridgehead atoms. The Hall–Kier alpha value is -1.73. The monoisotopic (exact) mass is 366 g/mol. The van der Waals surface area contributed by atoms with Gasteiger partial charge in [0.2, 0.25) is 12.0 Å². The minimum absolute atomic E-state index is 0.245. The summed E-state index contributed by atoms with van der Waals surface area (Å²) in [5.74, 6) is -1.21. The van der Waals surface area contributed by atoms with Crippen LogP contribution in [0.5, 0.6) is 0 Å². The first-order chi connectivity index (χ1) is 10.6. The van der Waals surface area contributed by atoms with Crippen molar-refractivity contribution in [2.24, 2.45) is 11.1 Å². The Morgan fingerprint density at radius 1 is 1.27 bits per heavy atom. The topological polar surface area (TPSA) is 68.2 Å². The first kappa shape index (κ1) is 15.2. The predicted molar refractivity (Wildman–Crippen MR) is 82.3 cm³/mol. The molecular formula is C15H15BrN2O4. The molecule has 0 aliphatic carbocycles. The predicted octanol–water partition coefficient (Wildman–Crippen LogP) is 1.57. The number of imide groups is 1. The Morgan fingerprint density at radius 3 is 2.68 bits per heavy atom. The van der Waals surface area contributed by atoms with Crippen LogP contribution in [0.1, 0.15) is 12.0 Å². The number of fused-ring (bicyclic) bond motifs is 1. The van der Waals surface area contributed by atoms with Gasteiger partial charge in [-0.25, -0.2) is 0 Å². The number of benzene rings is 1. The van der Waals surface area contributed by atoms with E-state index in [1.54, 1.807) is 7.11 Å². The van der Waals surface area contributed by atoms with Crippen LogP contribution in [0.15, 0.2) is 33.9 Å². The standard InChI is InChI=1S/C15H15BrN2O4/c1-21-8-2-7-18-14(19)11-12(17-22-13(11)15(18)20)9-3-5-10(16)6-4-9/h3-6,11,13H,2,7-8H2,1H3/t11-,13-/m0/s1. The Balaban J connectivity index is 1.80. The summed E-state index contributed by atoms with van der Waals surface area (Å²) < 4.78 is 5.89. The largest absolute Gasteiger partial charge is 0.385 e. The summed E-state index contributed by atoms with van der Waals surface area (Å²) in [6.07, 6.45) is -0.216. The van der Waals surface area contributed by atoms with Crippen molar-refractivity contribution in [2.75, 3.05) is 20.3 Å². The number of oxime groups is 1. The molecule has 116 valence electrons. The summed E-state index contributed by atoms with van der Waals surface area (Å²) in [5.41, 5.74) is 1.31.